The van der Waals surface area contributed by atoms with Crippen molar-refractivity contribution in [3.05, 3.63) is 36.4 Å². The van der Waals surface area contributed by atoms with Gasteiger partial charge in [-0.1, -0.05) is 0 Å². The molecule has 0 spiro atoms. The minimum Gasteiger partial charge on any atom is -0.331 e. The van der Waals surface area contributed by atoms with Crippen LogP contribution in [0.15, 0.2) is 30.7 Å². The number of aromatic nitrogens is 4. The molecule has 0 atom stereocenters. The number of nitrogens with zero attached hydrogens (tertiary/aromatic N) is 3. The Balaban J connectivity index is 1.98. The van der Waals surface area contributed by atoms with E-state index in [1.165, 1.54) is 6.08 Å². The van der Waals surface area contributed by atoms with Crippen molar-refractivity contribution in [2.24, 2.45) is 7.05 Å². The van der Waals surface area contributed by atoms with Gasteiger partial charge in [-0.2, -0.15) is 5.10 Å². The summed E-state index contributed by atoms with van der Waals surface area (Å²) in [6.07, 6.45) is 8.00. The maximum atomic E-state index is 11.4. The first-order chi connectivity index (χ1) is 7.75. The Hall–Kier alpha value is -2.37. The lowest BCUT2D eigenvalue weighted by Gasteiger charge is -1.96. The Morgan fingerprint density at radius 1 is 1.56 bits per heavy atom. The number of aromatic amines is 1. The van der Waals surface area contributed by atoms with E-state index in [4.69, 9.17) is 0 Å². The summed E-state index contributed by atoms with van der Waals surface area (Å²) in [5.74, 6) is 0.191. The van der Waals surface area contributed by atoms with E-state index in [1.54, 1.807) is 29.3 Å². The van der Waals surface area contributed by atoms with Crippen molar-refractivity contribution in [1.82, 2.24) is 19.7 Å². The summed E-state index contributed by atoms with van der Waals surface area (Å²) in [4.78, 5) is 18.1. The van der Waals surface area contributed by atoms with Gasteiger partial charge in [-0.05, 0) is 12.1 Å². The molecular weight excluding hydrogens is 206 g/mol. The van der Waals surface area contributed by atoms with Gasteiger partial charge in [0.1, 0.15) is 0 Å². The van der Waals surface area contributed by atoms with E-state index >= 15 is 0 Å². The van der Waals surface area contributed by atoms with Crippen molar-refractivity contribution in [2.75, 3.05) is 5.32 Å². The molecular formula is C10H11N5O. The number of aryl methyl sites for hydroxylation is 1. The molecule has 0 unspecified atom stereocenters. The van der Waals surface area contributed by atoms with Crippen LogP contribution in [-0.4, -0.2) is 25.7 Å². The van der Waals surface area contributed by atoms with E-state index < -0.39 is 0 Å². The van der Waals surface area contributed by atoms with Crippen LogP contribution in [0.5, 0.6) is 0 Å². The SMILES string of the molecule is Cn1nccc1C=CC(=O)Nc1ncc[nH]1. The third-order valence-corrected chi connectivity index (χ3v) is 2.00. The molecule has 0 bridgehead atoms. The highest BCUT2D eigenvalue weighted by Crippen LogP contribution is 2.00. The molecule has 6 heteroatoms. The average molecular weight is 217 g/mol. The van der Waals surface area contributed by atoms with Gasteiger partial charge in [0.05, 0.1) is 5.69 Å². The van der Waals surface area contributed by atoms with E-state index in [-0.39, 0.29) is 5.91 Å². The highest BCUT2D eigenvalue weighted by atomic mass is 16.1. The third kappa shape index (κ3) is 2.35. The molecule has 2 aromatic heterocycles. The Labute approximate surface area is 92.0 Å². The summed E-state index contributed by atoms with van der Waals surface area (Å²) in [5, 5.41) is 6.57. The first kappa shape index (κ1) is 10.2. The van der Waals surface area contributed by atoms with E-state index in [1.807, 2.05) is 13.1 Å². The zero-order chi connectivity index (χ0) is 11.4. The van der Waals surface area contributed by atoms with Gasteiger partial charge in [-0.25, -0.2) is 4.98 Å². The van der Waals surface area contributed by atoms with Crippen LogP contribution in [0.2, 0.25) is 0 Å². The molecule has 0 saturated heterocycles. The van der Waals surface area contributed by atoms with E-state index in [0.29, 0.717) is 5.95 Å². The number of nitrogens with one attached hydrogen (secondary N) is 2. The summed E-state index contributed by atoms with van der Waals surface area (Å²) in [6, 6.07) is 1.82. The van der Waals surface area contributed by atoms with Gasteiger partial charge < -0.3 is 4.98 Å². The highest BCUT2D eigenvalue weighted by molar-refractivity contribution is 6.00. The zero-order valence-corrected chi connectivity index (χ0v) is 8.71. The minimum absolute atomic E-state index is 0.240. The summed E-state index contributed by atoms with van der Waals surface area (Å²) in [7, 11) is 1.81. The van der Waals surface area contributed by atoms with Gasteiger partial charge in [0, 0.05) is 31.7 Å². The molecule has 2 rings (SSSR count). The van der Waals surface area contributed by atoms with Crippen molar-refractivity contribution in [3.63, 3.8) is 0 Å². The topological polar surface area (TPSA) is 75.6 Å². The summed E-state index contributed by atoms with van der Waals surface area (Å²) in [6.45, 7) is 0. The van der Waals surface area contributed by atoms with Crippen LogP contribution in [0, 0.1) is 0 Å². The molecule has 16 heavy (non-hydrogen) atoms. The van der Waals surface area contributed by atoms with E-state index in [2.05, 4.69) is 20.4 Å². The molecule has 6 nitrogen and oxygen atoms in total. The second kappa shape index (κ2) is 4.43. The second-order valence-corrected chi connectivity index (χ2v) is 3.14. The summed E-state index contributed by atoms with van der Waals surface area (Å²) in [5.41, 5.74) is 0.856. The molecule has 0 radical (unpaired) electrons. The Kier molecular flexibility index (Phi) is 2.81. The van der Waals surface area contributed by atoms with Crippen LogP contribution in [0.3, 0.4) is 0 Å². The number of anilines is 1. The molecule has 2 N–H and O–H groups in total. The number of imidazole rings is 1. The number of H-pyrrole nitrogens is 1. The fourth-order valence-electron chi connectivity index (χ4n) is 1.20. The third-order valence-electron chi connectivity index (χ3n) is 2.00. The van der Waals surface area contributed by atoms with Gasteiger partial charge in [0.2, 0.25) is 5.95 Å². The molecule has 0 aliphatic rings. The smallest absolute Gasteiger partial charge is 0.250 e. The molecule has 0 fully saturated rings. The predicted molar refractivity (Wildman–Crippen MR) is 59.5 cm³/mol. The van der Waals surface area contributed by atoms with E-state index in [0.717, 1.165) is 5.69 Å². The molecule has 0 aliphatic heterocycles. The maximum Gasteiger partial charge on any atom is 0.250 e. The summed E-state index contributed by atoms with van der Waals surface area (Å²) >= 11 is 0. The van der Waals surface area contributed by atoms with Gasteiger partial charge >= 0.3 is 0 Å². The number of hydrogen-bond donors (Lipinski definition) is 2. The highest BCUT2D eigenvalue weighted by Gasteiger charge is 1.99. The molecule has 2 heterocycles. The van der Waals surface area contributed by atoms with Gasteiger partial charge in [-0.15, -0.1) is 0 Å². The summed E-state index contributed by atoms with van der Waals surface area (Å²) < 4.78 is 1.68. The lowest BCUT2D eigenvalue weighted by atomic mass is 10.3. The van der Waals surface area contributed by atoms with Crippen LogP contribution < -0.4 is 5.32 Å². The van der Waals surface area contributed by atoms with Gasteiger partial charge in [0.25, 0.3) is 5.91 Å². The first-order valence-electron chi connectivity index (χ1n) is 4.72. The average Bonchev–Trinajstić information content (AvgIpc) is 2.87. The van der Waals surface area contributed by atoms with Crippen LogP contribution in [0.1, 0.15) is 5.69 Å². The molecule has 0 aromatic carbocycles. The van der Waals surface area contributed by atoms with Crippen molar-refractivity contribution < 1.29 is 4.79 Å². The maximum absolute atomic E-state index is 11.4. The fraction of sp³-hybridized carbons (Fsp3) is 0.100. The van der Waals surface area contributed by atoms with Crippen LogP contribution in [-0.2, 0) is 11.8 Å². The minimum atomic E-state index is -0.240. The second-order valence-electron chi connectivity index (χ2n) is 3.14. The van der Waals surface area contributed by atoms with E-state index in [9.17, 15) is 4.79 Å². The monoisotopic (exact) mass is 217 g/mol. The largest absolute Gasteiger partial charge is 0.331 e. The lowest BCUT2D eigenvalue weighted by Crippen LogP contribution is -2.09. The van der Waals surface area contributed by atoms with Crippen molar-refractivity contribution in [3.8, 4) is 0 Å². The van der Waals surface area contributed by atoms with Crippen molar-refractivity contribution in [1.29, 1.82) is 0 Å². The number of hydrogen-bond acceptors (Lipinski definition) is 3. The van der Waals surface area contributed by atoms with Crippen molar-refractivity contribution in [2.45, 2.75) is 0 Å². The predicted octanol–water partition coefficient (Wildman–Crippen LogP) is 0.795. The van der Waals surface area contributed by atoms with Crippen molar-refractivity contribution >= 4 is 17.9 Å². The zero-order valence-electron chi connectivity index (χ0n) is 8.71. The molecule has 0 saturated carbocycles. The molecule has 1 amide bonds. The number of carbonyl (C=O) groups excluding carboxylic acids is 1. The number of carbonyl (C=O) groups is 1. The Morgan fingerprint density at radius 3 is 3.06 bits per heavy atom. The Morgan fingerprint density at radius 2 is 2.44 bits per heavy atom. The molecule has 82 valence electrons. The standard InChI is InChI=1S/C10H11N5O/c1-15-8(4-5-13-15)2-3-9(16)14-10-11-6-7-12-10/h2-7H,1H3,(H2,11,12,14,16). The molecule has 0 aliphatic carbocycles. The quantitative estimate of drug-likeness (QED) is 0.746. The fourth-order valence-corrected chi connectivity index (χ4v) is 1.20. The van der Waals surface area contributed by atoms with Crippen LogP contribution in [0.4, 0.5) is 5.95 Å². The first-order valence-corrected chi connectivity index (χ1v) is 4.72. The number of amides is 1. The lowest BCUT2D eigenvalue weighted by molar-refractivity contribution is -0.111. The molecule has 2 aromatic rings. The Bertz CT molecular complexity index is 497. The normalized spacial score (nSPS) is 10.8. The van der Waals surface area contributed by atoms with Gasteiger partial charge in [-0.3, -0.25) is 14.8 Å². The number of rotatable bonds is 3. The van der Waals surface area contributed by atoms with Crippen LogP contribution in [0.25, 0.3) is 6.08 Å². The van der Waals surface area contributed by atoms with Crippen LogP contribution >= 0.6 is 0 Å². The van der Waals surface area contributed by atoms with Gasteiger partial charge in [0.15, 0.2) is 0 Å².